The van der Waals surface area contributed by atoms with E-state index in [0.29, 0.717) is 18.8 Å². The SMILES string of the molecule is CCC(C(=O)NCCn1cc(N)cn1)c1ccccc1. The van der Waals surface area contributed by atoms with Crippen molar-refractivity contribution in [2.45, 2.75) is 25.8 Å². The third-order valence-corrected chi connectivity index (χ3v) is 3.22. The van der Waals surface area contributed by atoms with E-state index in [1.807, 2.05) is 37.3 Å². The third-order valence-electron chi connectivity index (χ3n) is 3.22. The average Bonchev–Trinajstić information content (AvgIpc) is 2.86. The molecule has 2 rings (SSSR count). The fourth-order valence-corrected chi connectivity index (χ4v) is 2.18. The van der Waals surface area contributed by atoms with Gasteiger partial charge in [0.15, 0.2) is 0 Å². The fourth-order valence-electron chi connectivity index (χ4n) is 2.18. The molecule has 0 aliphatic carbocycles. The Morgan fingerprint density at radius 1 is 1.40 bits per heavy atom. The van der Waals surface area contributed by atoms with Crippen LogP contribution in [0.1, 0.15) is 24.8 Å². The van der Waals surface area contributed by atoms with Gasteiger partial charge in [-0.2, -0.15) is 5.10 Å². The van der Waals surface area contributed by atoms with Gasteiger partial charge in [0.25, 0.3) is 0 Å². The molecule has 3 N–H and O–H groups in total. The molecule has 0 radical (unpaired) electrons. The number of benzene rings is 1. The number of nitrogens with one attached hydrogen (secondary N) is 1. The summed E-state index contributed by atoms with van der Waals surface area (Å²) in [7, 11) is 0. The fraction of sp³-hybridized carbons (Fsp3) is 0.333. The number of nitrogens with two attached hydrogens (primary N) is 1. The summed E-state index contributed by atoms with van der Waals surface area (Å²) in [5.74, 6) is -0.0438. The van der Waals surface area contributed by atoms with E-state index in [4.69, 9.17) is 5.73 Å². The van der Waals surface area contributed by atoms with Crippen LogP contribution in [-0.4, -0.2) is 22.2 Å². The summed E-state index contributed by atoms with van der Waals surface area (Å²) in [6.07, 6.45) is 4.13. The molecule has 2 aromatic rings. The minimum atomic E-state index is -0.0982. The maximum absolute atomic E-state index is 12.2. The number of carbonyl (C=O) groups excluding carboxylic acids is 1. The van der Waals surface area contributed by atoms with Gasteiger partial charge in [-0.1, -0.05) is 37.3 Å². The van der Waals surface area contributed by atoms with Gasteiger partial charge in [0, 0.05) is 12.7 Å². The molecule has 1 heterocycles. The highest BCUT2D eigenvalue weighted by Gasteiger charge is 2.17. The first kappa shape index (κ1) is 14.1. The first-order valence-corrected chi connectivity index (χ1v) is 6.81. The monoisotopic (exact) mass is 272 g/mol. The van der Waals surface area contributed by atoms with Crippen molar-refractivity contribution in [2.24, 2.45) is 0 Å². The number of carbonyl (C=O) groups is 1. The van der Waals surface area contributed by atoms with E-state index in [1.165, 1.54) is 0 Å². The zero-order valence-electron chi connectivity index (χ0n) is 11.6. The molecular weight excluding hydrogens is 252 g/mol. The Labute approximate surface area is 118 Å². The third kappa shape index (κ3) is 3.60. The van der Waals surface area contributed by atoms with Crippen LogP contribution in [0.5, 0.6) is 0 Å². The molecule has 1 amide bonds. The molecule has 0 bridgehead atoms. The van der Waals surface area contributed by atoms with Crippen molar-refractivity contribution in [2.75, 3.05) is 12.3 Å². The highest BCUT2D eigenvalue weighted by molar-refractivity contribution is 5.83. The summed E-state index contributed by atoms with van der Waals surface area (Å²) < 4.78 is 1.72. The molecule has 0 saturated heterocycles. The van der Waals surface area contributed by atoms with Crippen molar-refractivity contribution < 1.29 is 4.79 Å². The van der Waals surface area contributed by atoms with Crippen LogP contribution in [0.4, 0.5) is 5.69 Å². The summed E-state index contributed by atoms with van der Waals surface area (Å²) in [5.41, 5.74) is 7.27. The minimum absolute atomic E-state index is 0.0545. The topological polar surface area (TPSA) is 72.9 Å². The highest BCUT2D eigenvalue weighted by Crippen LogP contribution is 2.18. The number of hydrogen-bond donors (Lipinski definition) is 2. The van der Waals surface area contributed by atoms with E-state index in [1.54, 1.807) is 17.1 Å². The molecule has 20 heavy (non-hydrogen) atoms. The molecule has 0 saturated carbocycles. The Morgan fingerprint density at radius 3 is 2.75 bits per heavy atom. The van der Waals surface area contributed by atoms with Crippen molar-refractivity contribution >= 4 is 11.6 Å². The van der Waals surface area contributed by atoms with E-state index in [-0.39, 0.29) is 11.8 Å². The highest BCUT2D eigenvalue weighted by atomic mass is 16.1. The van der Waals surface area contributed by atoms with Gasteiger partial charge >= 0.3 is 0 Å². The van der Waals surface area contributed by atoms with Gasteiger partial charge in [0.1, 0.15) is 0 Å². The number of hydrogen-bond acceptors (Lipinski definition) is 3. The quantitative estimate of drug-likeness (QED) is 0.841. The van der Waals surface area contributed by atoms with Crippen molar-refractivity contribution in [1.82, 2.24) is 15.1 Å². The molecule has 1 unspecified atom stereocenters. The Balaban J connectivity index is 1.87. The van der Waals surface area contributed by atoms with E-state index in [0.717, 1.165) is 12.0 Å². The van der Waals surface area contributed by atoms with Crippen molar-refractivity contribution in [3.63, 3.8) is 0 Å². The van der Waals surface area contributed by atoms with Crippen LogP contribution in [0.3, 0.4) is 0 Å². The first-order chi connectivity index (χ1) is 9.70. The molecular formula is C15H20N4O. The number of nitrogen functional groups attached to an aromatic ring is 1. The lowest BCUT2D eigenvalue weighted by atomic mass is 9.96. The van der Waals surface area contributed by atoms with Crippen LogP contribution >= 0.6 is 0 Å². The first-order valence-electron chi connectivity index (χ1n) is 6.81. The zero-order chi connectivity index (χ0) is 14.4. The number of anilines is 1. The molecule has 0 aliphatic heterocycles. The molecule has 0 fully saturated rings. The van der Waals surface area contributed by atoms with Crippen LogP contribution in [0.2, 0.25) is 0 Å². The molecule has 0 aliphatic rings. The Bertz CT molecular complexity index is 550. The van der Waals surface area contributed by atoms with Crippen molar-refractivity contribution in [3.8, 4) is 0 Å². The lowest BCUT2D eigenvalue weighted by Gasteiger charge is -2.15. The predicted molar refractivity (Wildman–Crippen MR) is 79.1 cm³/mol. The Morgan fingerprint density at radius 2 is 2.15 bits per heavy atom. The average molecular weight is 272 g/mol. The van der Waals surface area contributed by atoms with Crippen LogP contribution in [0, 0.1) is 0 Å². The number of nitrogens with zero attached hydrogens (tertiary/aromatic N) is 2. The molecule has 1 aromatic heterocycles. The number of amides is 1. The maximum atomic E-state index is 12.2. The minimum Gasteiger partial charge on any atom is -0.396 e. The second-order valence-corrected chi connectivity index (χ2v) is 4.70. The summed E-state index contributed by atoms with van der Waals surface area (Å²) in [6, 6.07) is 9.84. The predicted octanol–water partition coefficient (Wildman–Crippen LogP) is 1.78. The summed E-state index contributed by atoms with van der Waals surface area (Å²) in [6.45, 7) is 3.18. The van der Waals surface area contributed by atoms with Crippen molar-refractivity contribution in [1.29, 1.82) is 0 Å². The van der Waals surface area contributed by atoms with Gasteiger partial charge < -0.3 is 11.1 Å². The van der Waals surface area contributed by atoms with Gasteiger partial charge in [-0.15, -0.1) is 0 Å². The van der Waals surface area contributed by atoms with Crippen LogP contribution in [-0.2, 0) is 11.3 Å². The molecule has 5 heteroatoms. The van der Waals surface area contributed by atoms with Crippen molar-refractivity contribution in [3.05, 3.63) is 48.3 Å². The second-order valence-electron chi connectivity index (χ2n) is 4.70. The molecule has 1 atom stereocenters. The second kappa shape index (κ2) is 6.75. The van der Waals surface area contributed by atoms with Gasteiger partial charge in [-0.05, 0) is 12.0 Å². The van der Waals surface area contributed by atoms with Gasteiger partial charge in [0.2, 0.25) is 5.91 Å². The van der Waals surface area contributed by atoms with E-state index in [9.17, 15) is 4.79 Å². The lowest BCUT2D eigenvalue weighted by Crippen LogP contribution is -2.31. The molecule has 106 valence electrons. The molecule has 0 spiro atoms. The van der Waals surface area contributed by atoms with E-state index < -0.39 is 0 Å². The van der Waals surface area contributed by atoms with E-state index >= 15 is 0 Å². The summed E-state index contributed by atoms with van der Waals surface area (Å²) in [4.78, 5) is 12.2. The maximum Gasteiger partial charge on any atom is 0.227 e. The smallest absolute Gasteiger partial charge is 0.227 e. The van der Waals surface area contributed by atoms with Crippen LogP contribution in [0.25, 0.3) is 0 Å². The molecule has 5 nitrogen and oxygen atoms in total. The zero-order valence-corrected chi connectivity index (χ0v) is 11.6. The number of rotatable bonds is 6. The normalized spacial score (nSPS) is 12.1. The van der Waals surface area contributed by atoms with Gasteiger partial charge in [0.05, 0.1) is 24.3 Å². The summed E-state index contributed by atoms with van der Waals surface area (Å²) in [5, 5.41) is 7.03. The Kier molecular flexibility index (Phi) is 4.76. The van der Waals surface area contributed by atoms with Gasteiger partial charge in [-0.3, -0.25) is 9.48 Å². The van der Waals surface area contributed by atoms with E-state index in [2.05, 4.69) is 10.4 Å². The van der Waals surface area contributed by atoms with Crippen LogP contribution in [0.15, 0.2) is 42.7 Å². The number of aromatic nitrogens is 2. The van der Waals surface area contributed by atoms with Crippen LogP contribution < -0.4 is 11.1 Å². The summed E-state index contributed by atoms with van der Waals surface area (Å²) >= 11 is 0. The Hall–Kier alpha value is -2.30. The molecule has 1 aromatic carbocycles. The largest absolute Gasteiger partial charge is 0.396 e. The standard InChI is InChI=1S/C15H20N4O/c1-2-14(12-6-4-3-5-7-12)15(20)17-8-9-19-11-13(16)10-18-19/h3-7,10-11,14H,2,8-9,16H2,1H3,(H,17,20). The lowest BCUT2D eigenvalue weighted by molar-refractivity contribution is -0.122. The van der Waals surface area contributed by atoms with Gasteiger partial charge in [-0.25, -0.2) is 0 Å².